The number of fused-ring (bicyclic) bond motifs is 1. The number of likely N-dealkylation sites (tertiary alicyclic amines) is 1. The van der Waals surface area contributed by atoms with Gasteiger partial charge in [-0.15, -0.1) is 0 Å². The summed E-state index contributed by atoms with van der Waals surface area (Å²) in [6.45, 7) is 11.1. The van der Waals surface area contributed by atoms with E-state index in [1.165, 1.54) is 6.92 Å². The van der Waals surface area contributed by atoms with Crippen LogP contribution >= 0.6 is 0 Å². The summed E-state index contributed by atoms with van der Waals surface area (Å²) in [5.41, 5.74) is -0.177. The molecule has 2 spiro atoms. The summed E-state index contributed by atoms with van der Waals surface area (Å²) >= 11 is 0. The Balaban J connectivity index is 1.58. The molecule has 30 heavy (non-hydrogen) atoms. The molecule has 1 saturated heterocycles. The van der Waals surface area contributed by atoms with E-state index < -0.39 is 23.0 Å². The van der Waals surface area contributed by atoms with Crippen molar-refractivity contribution in [2.75, 3.05) is 13.1 Å². The molecule has 0 radical (unpaired) electrons. The number of ether oxygens (including phenoxy) is 1. The number of piperidine rings is 1. The number of hydrogen-bond acceptors (Lipinski definition) is 5. The smallest absolute Gasteiger partial charge is 0.302 e. The number of rotatable bonds is 2. The Labute approximate surface area is 178 Å². The molecule has 7 bridgehead atoms. The second kappa shape index (κ2) is 5.51. The first kappa shape index (κ1) is 19.7. The third-order valence-corrected chi connectivity index (χ3v) is 11.2. The lowest BCUT2D eigenvalue weighted by Gasteiger charge is -2.68. The number of nitrogens with zero attached hydrogens (tertiary/aromatic N) is 1. The van der Waals surface area contributed by atoms with Crippen LogP contribution < -0.4 is 0 Å². The van der Waals surface area contributed by atoms with Crippen LogP contribution in [0.4, 0.5) is 0 Å². The SMILES string of the molecule is C=C1[C@H]2C[C@@]3([C@@H]1O)[C@@H](C[C@@H]2OC(C)=O)[C@]12[C@@H]4C[C@H]3[C@H]1[N+]([O-])(CC)C[C@]4(C)CC[C@@H]2O. The zero-order chi connectivity index (χ0) is 21.4. The fourth-order valence-corrected chi connectivity index (χ4v) is 10.6. The molecule has 1 aliphatic heterocycles. The minimum Gasteiger partial charge on any atom is -0.633 e. The predicted octanol–water partition coefficient (Wildman–Crippen LogP) is 2.38. The van der Waals surface area contributed by atoms with Gasteiger partial charge in [-0.3, -0.25) is 4.79 Å². The third-order valence-electron chi connectivity index (χ3n) is 11.2. The molecule has 0 aromatic rings. The van der Waals surface area contributed by atoms with Gasteiger partial charge in [-0.2, -0.15) is 0 Å². The van der Waals surface area contributed by atoms with Crippen LogP contribution in [0.15, 0.2) is 12.2 Å². The summed E-state index contributed by atoms with van der Waals surface area (Å²) in [5, 5.41) is 37.6. The third kappa shape index (κ3) is 1.80. The number of aliphatic hydroxyl groups is 2. The van der Waals surface area contributed by atoms with E-state index in [0.717, 1.165) is 31.3 Å². The molecule has 6 nitrogen and oxygen atoms in total. The molecule has 5 saturated carbocycles. The van der Waals surface area contributed by atoms with Gasteiger partial charge in [0.2, 0.25) is 0 Å². The van der Waals surface area contributed by atoms with Gasteiger partial charge >= 0.3 is 5.97 Å². The molecule has 0 aromatic heterocycles. The van der Waals surface area contributed by atoms with Crippen molar-refractivity contribution in [3.05, 3.63) is 17.4 Å². The van der Waals surface area contributed by atoms with Crippen LogP contribution in [-0.2, 0) is 9.53 Å². The molecule has 0 amide bonds. The molecule has 1 heterocycles. The van der Waals surface area contributed by atoms with E-state index in [4.69, 9.17) is 4.74 Å². The molecule has 0 aromatic carbocycles. The predicted molar refractivity (Wildman–Crippen MR) is 110 cm³/mol. The van der Waals surface area contributed by atoms with Gasteiger partial charge in [0.25, 0.3) is 0 Å². The van der Waals surface area contributed by atoms with E-state index in [9.17, 15) is 20.2 Å². The zero-order valence-corrected chi connectivity index (χ0v) is 18.3. The van der Waals surface area contributed by atoms with Crippen molar-refractivity contribution in [1.82, 2.24) is 0 Å². The lowest BCUT2D eigenvalue weighted by molar-refractivity contribution is -0.927. The Morgan fingerprint density at radius 1 is 1.33 bits per heavy atom. The highest BCUT2D eigenvalue weighted by Crippen LogP contribution is 2.84. The number of hydrogen-bond donors (Lipinski definition) is 2. The lowest BCUT2D eigenvalue weighted by Crippen LogP contribution is -2.73. The Bertz CT molecular complexity index is 845. The van der Waals surface area contributed by atoms with Gasteiger partial charge in [-0.25, -0.2) is 0 Å². The van der Waals surface area contributed by atoms with Gasteiger partial charge in [0, 0.05) is 29.6 Å². The van der Waals surface area contributed by atoms with Crippen molar-refractivity contribution in [1.29, 1.82) is 0 Å². The highest BCUT2D eigenvalue weighted by molar-refractivity contribution is 5.66. The van der Waals surface area contributed by atoms with Crippen LogP contribution in [0.25, 0.3) is 0 Å². The van der Waals surface area contributed by atoms with Gasteiger partial charge < -0.3 is 24.8 Å². The van der Waals surface area contributed by atoms with Crippen LogP contribution in [-0.4, -0.2) is 58.3 Å². The van der Waals surface area contributed by atoms with Gasteiger partial charge in [0.05, 0.1) is 30.7 Å². The summed E-state index contributed by atoms with van der Waals surface area (Å²) in [5.74, 6) is 0.0647. The normalized spacial score (nSPS) is 62.4. The molecule has 6 rings (SSSR count). The van der Waals surface area contributed by atoms with Gasteiger partial charge in [-0.1, -0.05) is 13.5 Å². The lowest BCUT2D eigenvalue weighted by atomic mass is 9.43. The molecule has 5 aliphatic carbocycles. The van der Waals surface area contributed by atoms with Crippen molar-refractivity contribution in [3.8, 4) is 0 Å². The monoisotopic (exact) mass is 417 g/mol. The second-order valence-corrected chi connectivity index (χ2v) is 11.8. The van der Waals surface area contributed by atoms with Crippen LogP contribution in [0.5, 0.6) is 0 Å². The largest absolute Gasteiger partial charge is 0.633 e. The molecule has 1 unspecified atom stereocenters. The highest BCUT2D eigenvalue weighted by atomic mass is 16.6. The molecule has 166 valence electrons. The fraction of sp³-hybridized carbons (Fsp3) is 0.875. The van der Waals surface area contributed by atoms with Gasteiger partial charge in [0.1, 0.15) is 12.1 Å². The van der Waals surface area contributed by atoms with E-state index in [0.29, 0.717) is 25.4 Å². The minimum atomic E-state index is -0.676. The van der Waals surface area contributed by atoms with Crippen LogP contribution in [0.2, 0.25) is 0 Å². The molecule has 12 atom stereocenters. The van der Waals surface area contributed by atoms with E-state index in [1.54, 1.807) is 0 Å². The molecule has 6 fully saturated rings. The standard InChI is InChI=1S/C24H35NO5/c1-5-25(29)11-22(4)7-6-19(27)24-17(22)8-15(20(24)25)23-10-14(12(2)21(23)28)16(9-18(23)24)30-13(3)26/h14-21,27-28H,2,5-11H2,1,3-4H3/t14-,15+,16+,17-,18-,19+,20-,21-,22+,23+,24+,25?/m1/s1. The van der Waals surface area contributed by atoms with E-state index >= 15 is 0 Å². The van der Waals surface area contributed by atoms with Crippen LogP contribution in [0.1, 0.15) is 52.9 Å². The number of esters is 1. The summed E-state index contributed by atoms with van der Waals surface area (Å²) in [6, 6.07) is -0.168. The number of carbonyl (C=O) groups is 1. The van der Waals surface area contributed by atoms with Crippen LogP contribution in [0, 0.1) is 45.1 Å². The minimum absolute atomic E-state index is 0.00141. The quantitative estimate of drug-likeness (QED) is 0.312. The van der Waals surface area contributed by atoms with Gasteiger partial charge in [0.15, 0.2) is 0 Å². The number of aliphatic hydroxyl groups excluding tert-OH is 2. The maximum absolute atomic E-state index is 14.4. The van der Waals surface area contributed by atoms with Crippen LogP contribution in [0.3, 0.4) is 0 Å². The maximum atomic E-state index is 14.4. The average molecular weight is 418 g/mol. The van der Waals surface area contributed by atoms with E-state index in [-0.39, 0.29) is 45.9 Å². The zero-order valence-electron chi connectivity index (χ0n) is 18.3. The van der Waals surface area contributed by atoms with Crippen molar-refractivity contribution < 1.29 is 24.4 Å². The van der Waals surface area contributed by atoms with Crippen molar-refractivity contribution in [2.24, 2.45) is 39.9 Å². The first-order valence-electron chi connectivity index (χ1n) is 11.9. The first-order chi connectivity index (χ1) is 14.1. The topological polar surface area (TPSA) is 89.8 Å². The Kier molecular flexibility index (Phi) is 3.62. The van der Waals surface area contributed by atoms with Gasteiger partial charge in [-0.05, 0) is 56.4 Å². The Morgan fingerprint density at radius 3 is 2.73 bits per heavy atom. The molecular formula is C24H35NO5. The number of quaternary nitrogens is 1. The Morgan fingerprint density at radius 2 is 2.07 bits per heavy atom. The first-order valence-corrected chi connectivity index (χ1v) is 11.9. The number of hydroxylamine groups is 3. The van der Waals surface area contributed by atoms with Crippen molar-refractivity contribution in [3.63, 3.8) is 0 Å². The average Bonchev–Trinajstić information content (AvgIpc) is 3.23. The van der Waals surface area contributed by atoms with E-state index in [1.807, 2.05) is 6.92 Å². The highest BCUT2D eigenvalue weighted by Gasteiger charge is 2.88. The fourth-order valence-electron chi connectivity index (χ4n) is 10.6. The summed E-state index contributed by atoms with van der Waals surface area (Å²) < 4.78 is 5.53. The van der Waals surface area contributed by atoms with E-state index in [2.05, 4.69) is 13.5 Å². The number of carbonyl (C=O) groups excluding carboxylic acids is 1. The summed E-state index contributed by atoms with van der Waals surface area (Å²) in [4.78, 5) is 11.9. The maximum Gasteiger partial charge on any atom is 0.302 e. The Hall–Kier alpha value is -0.950. The molecule has 2 N–H and O–H groups in total. The second-order valence-electron chi connectivity index (χ2n) is 11.8. The summed E-state index contributed by atoms with van der Waals surface area (Å²) in [7, 11) is 0. The van der Waals surface area contributed by atoms with Crippen molar-refractivity contribution >= 4 is 5.97 Å². The molecule has 6 heteroatoms. The van der Waals surface area contributed by atoms with Crippen molar-refractivity contribution in [2.45, 2.75) is 77.2 Å². The molecule has 6 aliphatic rings. The molecular weight excluding hydrogens is 382 g/mol. The summed E-state index contributed by atoms with van der Waals surface area (Å²) in [6.07, 6.45) is 2.42.